The normalized spacial score (nSPS) is 14.9. The second-order valence-corrected chi connectivity index (χ2v) is 2.06. The molecule has 2 N–H and O–H groups in total. The molecular weight excluding hydrogens is 235 g/mol. The Bertz CT molecular complexity index is 119. The number of hydrogen-bond donors (Lipinski definition) is 2. The predicted octanol–water partition coefficient (Wildman–Crippen LogP) is -1.89. The summed E-state index contributed by atoms with van der Waals surface area (Å²) in [6.07, 6.45) is 1.02. The monoisotopic (exact) mass is 246 g/mol. The number of nitrogens with zero attached hydrogens (tertiary/aromatic N) is 1. The van der Waals surface area contributed by atoms with Crippen LogP contribution in [0.4, 0.5) is 0 Å². The predicted molar refractivity (Wildman–Crippen MR) is 50.4 cm³/mol. The van der Waals surface area contributed by atoms with Gasteiger partial charge in [-0.2, -0.15) is 5.53 Å². The van der Waals surface area contributed by atoms with Gasteiger partial charge in [-0.1, -0.05) is 0 Å². The molecule has 4 nitrogen and oxygen atoms in total. The molecule has 0 spiro atoms. The van der Waals surface area contributed by atoms with Crippen LogP contribution in [0.2, 0.25) is 0 Å². The summed E-state index contributed by atoms with van der Waals surface area (Å²) < 4.78 is 0. The van der Waals surface area contributed by atoms with Gasteiger partial charge < -0.3 is 0 Å². The molecule has 1 aliphatic heterocycles. The van der Waals surface area contributed by atoms with Crippen molar-refractivity contribution in [2.75, 3.05) is 13.1 Å². The number of amides is 1. The van der Waals surface area contributed by atoms with E-state index in [0.29, 0.717) is 0 Å². The first-order valence-corrected chi connectivity index (χ1v) is 3.07. The van der Waals surface area contributed by atoms with Gasteiger partial charge in [0.1, 0.15) is 0 Å². The van der Waals surface area contributed by atoms with Crippen molar-refractivity contribution in [3.05, 3.63) is 0 Å². The molecule has 1 heterocycles. The number of hydrogen-bond acceptors (Lipinski definition) is 3. The molecule has 1 rings (SSSR count). The largest absolute Gasteiger partial charge is 0.274 e. The fraction of sp³-hybridized carbons (Fsp3) is 0.800. The van der Waals surface area contributed by atoms with Gasteiger partial charge in [0.2, 0.25) is 5.91 Å². The van der Waals surface area contributed by atoms with E-state index >= 15 is 0 Å². The molecule has 0 aromatic rings. The van der Waals surface area contributed by atoms with Gasteiger partial charge in [0.15, 0.2) is 0 Å². The van der Waals surface area contributed by atoms with Crippen molar-refractivity contribution in [1.82, 2.24) is 16.0 Å². The Morgan fingerprint density at radius 2 is 1.92 bits per heavy atom. The fourth-order valence-corrected chi connectivity index (χ4v) is 0.769. The molecule has 0 aliphatic carbocycles. The van der Waals surface area contributed by atoms with Gasteiger partial charge in [0, 0.05) is 174 Å². The number of carbonyl (C=O) groups excluding carboxylic acids is 1. The summed E-state index contributed by atoms with van der Waals surface area (Å²) in [5.41, 5.74) is 5.62. The van der Waals surface area contributed by atoms with Crippen molar-refractivity contribution in [1.29, 1.82) is 0 Å². The van der Waals surface area contributed by atoms with Gasteiger partial charge in [0.25, 0.3) is 0 Å². The molecule has 1 saturated heterocycles. The van der Waals surface area contributed by atoms with E-state index in [-0.39, 0.29) is 160 Å². The fourth-order valence-electron chi connectivity index (χ4n) is 0.769. The Labute approximate surface area is 201 Å². The van der Waals surface area contributed by atoms with Crippen LogP contribution in [0, 0.1) is 0 Å². The molecule has 1 aliphatic rings. The Morgan fingerprint density at radius 1 is 1.33 bits per heavy atom. The average molecular weight is 246 g/mol. The minimum atomic E-state index is 0. The summed E-state index contributed by atoms with van der Waals surface area (Å²) in [5, 5.41) is 1.56. The molecule has 1 amide bonds. The van der Waals surface area contributed by atoms with Gasteiger partial charge in [-0.3, -0.25) is 9.80 Å². The molecule has 7 heteroatoms. The summed E-state index contributed by atoms with van der Waals surface area (Å²) in [7, 11) is 0. The molecule has 3 radical (unpaired) electrons. The smallest absolute Gasteiger partial charge is 0.234 e. The van der Waals surface area contributed by atoms with E-state index in [1.54, 1.807) is 11.9 Å². The number of carbonyl (C=O) groups is 1. The van der Waals surface area contributed by atoms with Gasteiger partial charge in [0.05, 0.1) is 0 Å². The van der Waals surface area contributed by atoms with Crippen molar-refractivity contribution in [3.63, 3.8) is 0 Å². The van der Waals surface area contributed by atoms with Crippen LogP contribution < -0.4 is 11.0 Å². The van der Waals surface area contributed by atoms with Gasteiger partial charge in [-0.05, 0) is 6.42 Å². The van der Waals surface area contributed by atoms with Crippen LogP contribution in [0.5, 0.6) is 0 Å². The topological polar surface area (TPSA) is 44.4 Å². The molecule has 0 aromatic carbocycles. The summed E-state index contributed by atoms with van der Waals surface area (Å²) in [6, 6.07) is 0. The molecule has 0 aromatic heterocycles. The molecular formula is C5H11K3N3O. The minimum absolute atomic E-state index is 0. The zero-order valence-corrected chi connectivity index (χ0v) is 17.8. The zero-order chi connectivity index (χ0) is 6.69. The first-order valence-electron chi connectivity index (χ1n) is 3.07. The van der Waals surface area contributed by atoms with Gasteiger partial charge in [-0.15, -0.1) is 0 Å². The van der Waals surface area contributed by atoms with Crippen LogP contribution in [0.3, 0.4) is 0 Å². The molecule has 0 saturated carbocycles. The first-order chi connectivity index (χ1) is 4.30. The van der Waals surface area contributed by atoms with E-state index < -0.39 is 0 Å². The van der Waals surface area contributed by atoms with E-state index in [0.717, 1.165) is 19.5 Å². The first kappa shape index (κ1) is 21.6. The van der Waals surface area contributed by atoms with Crippen molar-refractivity contribution in [3.8, 4) is 0 Å². The molecule has 12 heavy (non-hydrogen) atoms. The van der Waals surface area contributed by atoms with Crippen molar-refractivity contribution in [2.24, 2.45) is 0 Å². The Kier molecular flexibility index (Phi) is 24.0. The second-order valence-electron chi connectivity index (χ2n) is 2.06. The van der Waals surface area contributed by atoms with Crippen LogP contribution in [-0.2, 0) is 4.79 Å². The summed E-state index contributed by atoms with van der Waals surface area (Å²) in [5.74, 6) is 0.0576. The van der Waals surface area contributed by atoms with E-state index in [2.05, 4.69) is 11.0 Å². The third kappa shape index (κ3) is 9.52. The zero-order valence-electron chi connectivity index (χ0n) is 8.48. The molecule has 0 bridgehead atoms. The Balaban J connectivity index is -0.000000270. The van der Waals surface area contributed by atoms with Crippen molar-refractivity contribution >= 4 is 160 Å². The van der Waals surface area contributed by atoms with Crippen LogP contribution in [0.15, 0.2) is 0 Å². The minimum Gasteiger partial charge on any atom is -0.274 e. The maximum absolute atomic E-state index is 10.6. The molecule has 1 fully saturated rings. The Hall–Kier alpha value is 4.30. The third-order valence-electron chi connectivity index (χ3n) is 1.28. The molecule has 0 unspecified atom stereocenters. The van der Waals surface area contributed by atoms with Crippen LogP contribution >= 0.6 is 0 Å². The van der Waals surface area contributed by atoms with E-state index in [4.69, 9.17) is 0 Å². The number of nitrogens with one attached hydrogen (secondary N) is 2. The van der Waals surface area contributed by atoms with E-state index in [1.165, 1.54) is 0 Å². The third-order valence-corrected chi connectivity index (χ3v) is 1.28. The van der Waals surface area contributed by atoms with Crippen LogP contribution in [0.25, 0.3) is 0 Å². The molecule has 0 atom stereocenters. The average Bonchev–Trinajstić information content (AvgIpc) is 1.90. The Morgan fingerprint density at radius 3 is 2.17 bits per heavy atom. The number of rotatable bonds is 0. The second kappa shape index (κ2) is 13.4. The van der Waals surface area contributed by atoms with Crippen molar-refractivity contribution < 1.29 is 4.79 Å². The summed E-state index contributed by atoms with van der Waals surface area (Å²) in [4.78, 5) is 10.6. The van der Waals surface area contributed by atoms with Crippen molar-refractivity contribution in [2.45, 2.75) is 13.3 Å². The SMILES string of the molecule is CC(=O)N1CCCNN1.[K].[K].[K]. The van der Waals surface area contributed by atoms with E-state index in [1.807, 2.05) is 0 Å². The number of hydrazine groups is 2. The summed E-state index contributed by atoms with van der Waals surface area (Å²) >= 11 is 0. The summed E-state index contributed by atoms with van der Waals surface area (Å²) in [6.45, 7) is 3.28. The van der Waals surface area contributed by atoms with Gasteiger partial charge in [-0.25, -0.2) is 5.43 Å². The maximum atomic E-state index is 10.6. The van der Waals surface area contributed by atoms with E-state index in [9.17, 15) is 4.79 Å². The quantitative estimate of drug-likeness (QED) is 0.491. The maximum Gasteiger partial charge on any atom is 0.234 e. The standard InChI is InChI=1S/C5H11N3O.3K/c1-5(9)8-4-2-3-6-7-8;;;/h6-7H,2-4H2,1H3;;;. The van der Waals surface area contributed by atoms with Crippen LogP contribution in [-0.4, -0.2) is 178 Å². The van der Waals surface area contributed by atoms with Gasteiger partial charge >= 0.3 is 0 Å². The molecule has 55 valence electrons. The van der Waals surface area contributed by atoms with Crippen LogP contribution in [0.1, 0.15) is 13.3 Å².